The molecule has 0 saturated carbocycles. The Kier molecular flexibility index (Phi) is 5.76. The van der Waals surface area contributed by atoms with Crippen LogP contribution in [0.3, 0.4) is 0 Å². The maximum absolute atomic E-state index is 9.96. The molecular formula is C15H19NO7. The minimum Gasteiger partial charge on any atom is -0.493 e. The highest BCUT2D eigenvalue weighted by Crippen LogP contribution is 2.32. The Balaban J connectivity index is 2.19. The molecule has 1 aliphatic heterocycles. The van der Waals surface area contributed by atoms with E-state index in [9.17, 15) is 15.3 Å². The van der Waals surface area contributed by atoms with E-state index < -0.39 is 37.3 Å². The minimum absolute atomic E-state index is 0.205. The lowest BCUT2D eigenvalue weighted by Crippen LogP contribution is -2.60. The number of benzene rings is 1. The highest BCUT2D eigenvalue weighted by molar-refractivity contribution is 5.43. The van der Waals surface area contributed by atoms with E-state index >= 15 is 0 Å². The third kappa shape index (κ3) is 3.72. The first-order valence-corrected chi connectivity index (χ1v) is 7.02. The number of methoxy groups -OCH3 is 1. The number of hydrogen-bond donors (Lipinski definition) is 4. The summed E-state index contributed by atoms with van der Waals surface area (Å²) in [5.74, 6) is 0.563. The lowest BCUT2D eigenvalue weighted by atomic mass is 9.99. The van der Waals surface area contributed by atoms with Gasteiger partial charge in [-0.3, -0.25) is 0 Å². The van der Waals surface area contributed by atoms with Crippen molar-refractivity contribution in [2.75, 3.05) is 13.7 Å². The number of rotatable bonds is 5. The van der Waals surface area contributed by atoms with Crippen LogP contribution in [0.25, 0.3) is 0 Å². The number of aliphatic hydroxyl groups excluding tert-OH is 4. The molecular weight excluding hydrogens is 306 g/mol. The van der Waals surface area contributed by atoms with Crippen molar-refractivity contribution < 1.29 is 34.6 Å². The average Bonchev–Trinajstić information content (AvgIpc) is 2.56. The van der Waals surface area contributed by atoms with Crippen LogP contribution in [0.4, 0.5) is 0 Å². The largest absolute Gasteiger partial charge is 0.493 e. The first-order valence-electron chi connectivity index (χ1n) is 7.02. The molecule has 1 fully saturated rings. The minimum atomic E-state index is -1.52. The fourth-order valence-corrected chi connectivity index (χ4v) is 2.30. The molecule has 8 nitrogen and oxygen atoms in total. The van der Waals surface area contributed by atoms with Gasteiger partial charge >= 0.3 is 0 Å². The highest BCUT2D eigenvalue weighted by Gasteiger charge is 2.44. The van der Waals surface area contributed by atoms with Gasteiger partial charge in [0, 0.05) is 0 Å². The van der Waals surface area contributed by atoms with Gasteiger partial charge in [-0.15, -0.1) is 0 Å². The van der Waals surface area contributed by atoms with Crippen LogP contribution in [0.2, 0.25) is 0 Å². The van der Waals surface area contributed by atoms with Gasteiger partial charge in [-0.25, -0.2) is 0 Å². The van der Waals surface area contributed by atoms with Gasteiger partial charge in [0.25, 0.3) is 0 Å². The molecule has 23 heavy (non-hydrogen) atoms. The Bertz CT molecular complexity index is 571. The Morgan fingerprint density at radius 3 is 2.52 bits per heavy atom. The summed E-state index contributed by atoms with van der Waals surface area (Å²) in [5, 5.41) is 47.3. The Morgan fingerprint density at radius 2 is 1.91 bits per heavy atom. The molecule has 1 aromatic carbocycles. The Morgan fingerprint density at radius 1 is 1.17 bits per heavy atom. The first kappa shape index (κ1) is 17.5. The molecule has 0 unspecified atom stereocenters. The quantitative estimate of drug-likeness (QED) is 0.538. The van der Waals surface area contributed by atoms with E-state index in [1.165, 1.54) is 7.11 Å². The van der Waals surface area contributed by atoms with E-state index in [0.29, 0.717) is 5.75 Å². The van der Waals surface area contributed by atoms with Crippen molar-refractivity contribution in [3.8, 4) is 17.6 Å². The lowest BCUT2D eigenvalue weighted by molar-refractivity contribution is -0.277. The predicted octanol–water partition coefficient (Wildman–Crippen LogP) is -1.06. The molecule has 0 amide bonds. The fourth-order valence-electron chi connectivity index (χ4n) is 2.30. The SMILES string of the molecule is COc1cc(CC#N)ccc1O[C@@H]1O[C@H](CO)[C@@H](O)[C@H](O)[C@H]1O. The van der Waals surface area contributed by atoms with Crippen molar-refractivity contribution in [1.82, 2.24) is 0 Å². The second kappa shape index (κ2) is 7.59. The molecule has 0 spiro atoms. The zero-order valence-corrected chi connectivity index (χ0v) is 12.5. The molecule has 0 radical (unpaired) electrons. The molecule has 5 atom stereocenters. The molecule has 1 saturated heterocycles. The Hall–Kier alpha value is -1.89. The van der Waals surface area contributed by atoms with Crippen LogP contribution < -0.4 is 9.47 Å². The van der Waals surface area contributed by atoms with Gasteiger partial charge in [-0.1, -0.05) is 6.07 Å². The van der Waals surface area contributed by atoms with Gasteiger partial charge < -0.3 is 34.6 Å². The zero-order valence-electron chi connectivity index (χ0n) is 12.5. The molecule has 4 N–H and O–H groups in total. The smallest absolute Gasteiger partial charge is 0.229 e. The number of hydrogen-bond acceptors (Lipinski definition) is 8. The van der Waals surface area contributed by atoms with Gasteiger partial charge in [0.2, 0.25) is 6.29 Å². The number of nitrogens with zero attached hydrogens (tertiary/aromatic N) is 1. The molecule has 1 aliphatic rings. The van der Waals surface area contributed by atoms with Crippen molar-refractivity contribution in [3.05, 3.63) is 23.8 Å². The summed E-state index contributed by atoms with van der Waals surface area (Å²) >= 11 is 0. The summed E-state index contributed by atoms with van der Waals surface area (Å²) in [4.78, 5) is 0. The summed E-state index contributed by atoms with van der Waals surface area (Å²) in [5.41, 5.74) is 0.727. The van der Waals surface area contributed by atoms with E-state index in [1.54, 1.807) is 18.2 Å². The normalized spacial score (nSPS) is 30.5. The molecule has 0 aliphatic carbocycles. The molecule has 0 bridgehead atoms. The molecule has 2 rings (SSSR count). The summed E-state index contributed by atoms with van der Waals surface area (Å²) in [6.45, 7) is -0.539. The van der Waals surface area contributed by atoms with E-state index in [0.717, 1.165) is 5.56 Å². The van der Waals surface area contributed by atoms with Crippen LogP contribution >= 0.6 is 0 Å². The second-order valence-electron chi connectivity index (χ2n) is 5.14. The Labute approximate surface area is 133 Å². The van der Waals surface area contributed by atoms with Crippen LogP contribution in [0.15, 0.2) is 18.2 Å². The van der Waals surface area contributed by atoms with Crippen molar-refractivity contribution in [2.45, 2.75) is 37.1 Å². The third-order valence-electron chi connectivity index (χ3n) is 3.60. The van der Waals surface area contributed by atoms with Gasteiger partial charge in [0.1, 0.15) is 24.4 Å². The van der Waals surface area contributed by atoms with Crippen LogP contribution in [-0.2, 0) is 11.2 Å². The molecule has 126 valence electrons. The molecule has 8 heteroatoms. The highest BCUT2D eigenvalue weighted by atomic mass is 16.7. The number of nitriles is 1. The third-order valence-corrected chi connectivity index (χ3v) is 3.60. The van der Waals surface area contributed by atoms with Crippen molar-refractivity contribution in [1.29, 1.82) is 5.26 Å². The second-order valence-corrected chi connectivity index (χ2v) is 5.14. The zero-order chi connectivity index (χ0) is 17.0. The van der Waals surface area contributed by atoms with Gasteiger partial charge in [-0.05, 0) is 17.7 Å². The first-order chi connectivity index (χ1) is 11.0. The van der Waals surface area contributed by atoms with Crippen LogP contribution in [-0.4, -0.2) is 64.8 Å². The summed E-state index contributed by atoms with van der Waals surface area (Å²) in [7, 11) is 1.42. The van der Waals surface area contributed by atoms with Crippen molar-refractivity contribution in [2.24, 2.45) is 0 Å². The molecule has 1 aromatic rings. The van der Waals surface area contributed by atoms with E-state index in [-0.39, 0.29) is 12.2 Å². The maximum atomic E-state index is 9.96. The van der Waals surface area contributed by atoms with E-state index in [4.69, 9.17) is 24.6 Å². The van der Waals surface area contributed by atoms with Crippen molar-refractivity contribution >= 4 is 0 Å². The lowest BCUT2D eigenvalue weighted by Gasteiger charge is -2.39. The summed E-state index contributed by atoms with van der Waals surface area (Å²) in [6.07, 6.45) is -6.61. The van der Waals surface area contributed by atoms with Crippen LogP contribution in [0.1, 0.15) is 5.56 Å². The van der Waals surface area contributed by atoms with Crippen molar-refractivity contribution in [3.63, 3.8) is 0 Å². The molecule has 1 heterocycles. The van der Waals surface area contributed by atoms with Gasteiger partial charge in [0.15, 0.2) is 11.5 Å². The van der Waals surface area contributed by atoms with E-state index in [2.05, 4.69) is 0 Å². The number of ether oxygens (including phenoxy) is 3. The monoisotopic (exact) mass is 325 g/mol. The average molecular weight is 325 g/mol. The maximum Gasteiger partial charge on any atom is 0.229 e. The summed E-state index contributed by atoms with van der Waals surface area (Å²) in [6, 6.07) is 6.84. The van der Waals surface area contributed by atoms with E-state index in [1.807, 2.05) is 6.07 Å². The standard InChI is InChI=1S/C15H19NO7/c1-21-10-6-8(4-5-16)2-3-9(10)22-15-14(20)13(19)12(18)11(7-17)23-15/h2-3,6,11-15,17-20H,4,7H2,1H3/t11-,12-,13+,14-,15-/m1/s1. The number of aliphatic hydroxyl groups is 4. The van der Waals surface area contributed by atoms with Gasteiger partial charge in [-0.2, -0.15) is 5.26 Å². The van der Waals surface area contributed by atoms with Gasteiger partial charge in [0.05, 0.1) is 26.2 Å². The topological polar surface area (TPSA) is 132 Å². The van der Waals surface area contributed by atoms with Crippen LogP contribution in [0, 0.1) is 11.3 Å². The van der Waals surface area contributed by atoms with Crippen LogP contribution in [0.5, 0.6) is 11.5 Å². The predicted molar refractivity (Wildman–Crippen MR) is 76.7 cm³/mol. The fraction of sp³-hybridized carbons (Fsp3) is 0.533. The molecule has 0 aromatic heterocycles. The summed E-state index contributed by atoms with van der Waals surface area (Å²) < 4.78 is 16.0.